The molecule has 4 atom stereocenters. The lowest BCUT2D eigenvalue weighted by atomic mass is 10.0. The molecule has 0 radical (unpaired) electrons. The highest BCUT2D eigenvalue weighted by Gasteiger charge is 2.29. The van der Waals surface area contributed by atoms with Crippen LogP contribution in [0, 0.1) is 0 Å². The molecule has 0 aliphatic heterocycles. The molecule has 0 spiro atoms. The SMILES string of the molecule is [2H]N(CCCCCC)C[C@H](O)[C@@H](O)[C@H](O)[C@H](O)CO. The number of nitrogens with one attached hydrogen (secondary N) is 1. The summed E-state index contributed by atoms with van der Waals surface area (Å²) >= 11 is 0. The Bertz CT molecular complexity index is 222. The maximum atomic E-state index is 9.64. The van der Waals surface area contributed by atoms with Gasteiger partial charge in [-0.3, -0.25) is 0 Å². The highest BCUT2D eigenvalue weighted by molar-refractivity contribution is 4.81. The maximum Gasteiger partial charge on any atom is 0.122 e. The summed E-state index contributed by atoms with van der Waals surface area (Å²) in [5.74, 6) is 0. The van der Waals surface area contributed by atoms with Crippen LogP contribution in [0.25, 0.3) is 0 Å². The second kappa shape index (κ2) is 10.7. The third-order valence-electron chi connectivity index (χ3n) is 2.81. The van der Waals surface area contributed by atoms with Crippen LogP contribution in [0.15, 0.2) is 0 Å². The molecule has 6 N–H and O–H groups in total. The Labute approximate surface area is 110 Å². The van der Waals surface area contributed by atoms with Gasteiger partial charge in [-0.2, -0.15) is 0 Å². The summed E-state index contributed by atoms with van der Waals surface area (Å²) < 4.78 is 7.59. The largest absolute Gasteiger partial charge is 0.394 e. The zero-order valence-electron chi connectivity index (χ0n) is 11.9. The van der Waals surface area contributed by atoms with Gasteiger partial charge in [-0.1, -0.05) is 26.2 Å². The summed E-state index contributed by atoms with van der Waals surface area (Å²) in [6.07, 6.45) is -2.03. The molecule has 18 heavy (non-hydrogen) atoms. The first-order chi connectivity index (χ1) is 8.93. The van der Waals surface area contributed by atoms with Crippen molar-refractivity contribution in [3.8, 4) is 0 Å². The zero-order chi connectivity index (χ0) is 14.8. The molecule has 0 fully saturated rings. The molecule has 0 aliphatic carbocycles. The fourth-order valence-corrected chi connectivity index (χ4v) is 1.55. The summed E-state index contributed by atoms with van der Waals surface area (Å²) in [6.45, 7) is 1.74. The topological polar surface area (TPSA) is 113 Å². The molecule has 0 saturated heterocycles. The number of unbranched alkanes of at least 4 members (excludes halogenated alkanes) is 3. The Balaban J connectivity index is 3.96. The Morgan fingerprint density at radius 2 is 1.61 bits per heavy atom. The van der Waals surface area contributed by atoms with Crippen molar-refractivity contribution >= 4 is 0 Å². The van der Waals surface area contributed by atoms with Crippen molar-refractivity contribution in [3.63, 3.8) is 0 Å². The van der Waals surface area contributed by atoms with E-state index in [1.807, 2.05) is 0 Å². The van der Waals surface area contributed by atoms with Gasteiger partial charge in [0.05, 0.1) is 12.7 Å². The van der Waals surface area contributed by atoms with Gasteiger partial charge in [-0.25, -0.2) is 0 Å². The Kier molecular flexibility index (Phi) is 9.37. The number of hydrogen-bond acceptors (Lipinski definition) is 6. The van der Waals surface area contributed by atoms with Gasteiger partial charge in [-0.15, -0.1) is 0 Å². The minimum absolute atomic E-state index is 0.123. The first kappa shape index (κ1) is 15.8. The van der Waals surface area contributed by atoms with Crippen LogP contribution < -0.4 is 5.31 Å². The second-order valence-corrected chi connectivity index (χ2v) is 4.49. The van der Waals surface area contributed by atoms with Crippen LogP contribution in [-0.4, -0.2) is 69.6 Å². The number of aliphatic hydroxyl groups is 5. The van der Waals surface area contributed by atoms with Gasteiger partial charge in [0, 0.05) is 6.54 Å². The third-order valence-corrected chi connectivity index (χ3v) is 2.81. The number of aliphatic hydroxyl groups excluding tert-OH is 5. The van der Waals surface area contributed by atoms with Gasteiger partial charge in [0.25, 0.3) is 0 Å². The third kappa shape index (κ3) is 7.25. The Morgan fingerprint density at radius 1 is 1.00 bits per heavy atom. The van der Waals surface area contributed by atoms with Crippen LogP contribution in [0.4, 0.5) is 0 Å². The van der Waals surface area contributed by atoms with Gasteiger partial charge >= 0.3 is 0 Å². The first-order valence-electron chi connectivity index (χ1n) is 6.95. The lowest BCUT2D eigenvalue weighted by Gasteiger charge is -2.25. The molecule has 0 amide bonds. The minimum Gasteiger partial charge on any atom is -0.394 e. The highest BCUT2D eigenvalue weighted by Crippen LogP contribution is 2.04. The molecule has 0 heterocycles. The Morgan fingerprint density at radius 3 is 2.17 bits per heavy atom. The van der Waals surface area contributed by atoms with Gasteiger partial charge in [-0.05, 0) is 13.0 Å². The van der Waals surface area contributed by atoms with E-state index in [0.717, 1.165) is 31.0 Å². The number of rotatable bonds is 11. The molecule has 110 valence electrons. The second-order valence-electron chi connectivity index (χ2n) is 4.49. The smallest absolute Gasteiger partial charge is 0.122 e. The van der Waals surface area contributed by atoms with Crippen molar-refractivity contribution in [1.29, 1.82) is 0 Å². The molecule has 0 aromatic carbocycles. The normalized spacial score (nSPS) is 19.4. The van der Waals surface area contributed by atoms with Crippen LogP contribution >= 0.6 is 0 Å². The molecule has 0 unspecified atom stereocenters. The quantitative estimate of drug-likeness (QED) is 0.256. The minimum atomic E-state index is -1.63. The van der Waals surface area contributed by atoms with Gasteiger partial charge in [0.15, 0.2) is 0 Å². The molecular weight excluding hydrogens is 238 g/mol. The zero-order valence-corrected chi connectivity index (χ0v) is 10.9. The van der Waals surface area contributed by atoms with Gasteiger partial charge in [0.1, 0.15) is 19.7 Å². The summed E-state index contributed by atoms with van der Waals surface area (Å²) in [5.41, 5.74) is 0. The molecule has 0 aromatic rings. The van der Waals surface area contributed by atoms with E-state index in [1.54, 1.807) is 0 Å². The fourth-order valence-electron chi connectivity index (χ4n) is 1.55. The molecule has 0 aliphatic rings. The molecule has 0 rings (SSSR count). The van der Waals surface area contributed by atoms with Crippen molar-refractivity contribution in [2.45, 2.75) is 57.0 Å². The molecular formula is C12H27NO5. The first-order valence-corrected chi connectivity index (χ1v) is 6.51. The maximum absolute atomic E-state index is 9.64. The van der Waals surface area contributed by atoms with Gasteiger partial charge < -0.3 is 30.8 Å². The number of hydrogen-bond donors (Lipinski definition) is 6. The van der Waals surface area contributed by atoms with E-state index in [4.69, 9.17) is 11.6 Å². The van der Waals surface area contributed by atoms with Crippen molar-refractivity contribution in [2.75, 3.05) is 19.7 Å². The Hall–Kier alpha value is -0.240. The van der Waals surface area contributed by atoms with Crippen molar-refractivity contribution in [3.05, 3.63) is 0 Å². The van der Waals surface area contributed by atoms with Crippen molar-refractivity contribution < 1.29 is 26.9 Å². The molecule has 6 nitrogen and oxygen atoms in total. The van der Waals surface area contributed by atoms with Crippen LogP contribution in [-0.2, 0) is 0 Å². The van der Waals surface area contributed by atoms with E-state index in [2.05, 4.69) is 6.92 Å². The van der Waals surface area contributed by atoms with E-state index in [0.29, 0.717) is 6.54 Å². The molecule has 0 aromatic heterocycles. The standard InChI is InChI=1S/C12H27NO5/c1-2-3-4-5-6-13-7-9(15)11(17)12(18)10(16)8-14/h9-18H,2-8H2,1H3/t9-,10+,11+,12+/m0/s1/i/hD. The average molecular weight is 266 g/mol. The highest BCUT2D eigenvalue weighted by atomic mass is 16.4. The van der Waals surface area contributed by atoms with Crippen LogP contribution in [0.2, 0.25) is 1.41 Å². The molecule has 0 bridgehead atoms. The molecule has 0 saturated carbocycles. The van der Waals surface area contributed by atoms with E-state index in [-0.39, 0.29) is 6.54 Å². The van der Waals surface area contributed by atoms with Crippen molar-refractivity contribution in [2.24, 2.45) is 0 Å². The van der Waals surface area contributed by atoms with Crippen molar-refractivity contribution in [1.82, 2.24) is 5.31 Å². The summed E-state index contributed by atoms with van der Waals surface area (Å²) in [4.78, 5) is 0. The summed E-state index contributed by atoms with van der Waals surface area (Å²) in [7, 11) is 0. The lowest BCUT2D eigenvalue weighted by molar-refractivity contribution is -0.113. The van der Waals surface area contributed by atoms with Crippen LogP contribution in [0.3, 0.4) is 0 Å². The fraction of sp³-hybridized carbons (Fsp3) is 1.00. The average Bonchev–Trinajstić information content (AvgIpc) is 2.40. The van der Waals surface area contributed by atoms with Crippen LogP contribution in [0.1, 0.15) is 32.6 Å². The van der Waals surface area contributed by atoms with Gasteiger partial charge in [0.2, 0.25) is 0 Å². The van der Waals surface area contributed by atoms with E-state index in [9.17, 15) is 15.3 Å². The van der Waals surface area contributed by atoms with E-state index >= 15 is 0 Å². The monoisotopic (exact) mass is 266 g/mol. The van der Waals surface area contributed by atoms with Crippen LogP contribution in [0.5, 0.6) is 0 Å². The molecule has 6 heteroatoms. The summed E-state index contributed by atoms with van der Waals surface area (Å²) in [5, 5.41) is 47.5. The predicted molar refractivity (Wildman–Crippen MR) is 68.1 cm³/mol. The summed E-state index contributed by atoms with van der Waals surface area (Å²) in [6, 6.07) is 0. The van der Waals surface area contributed by atoms with E-state index < -0.39 is 31.0 Å². The predicted octanol–water partition coefficient (Wildman–Crippen LogP) is -1.41. The lowest BCUT2D eigenvalue weighted by Crippen LogP contribution is -2.49. The van der Waals surface area contributed by atoms with E-state index in [1.165, 1.54) is 0 Å².